The van der Waals surface area contributed by atoms with Gasteiger partial charge in [0.25, 0.3) is 0 Å². The van der Waals surface area contributed by atoms with Crippen LogP contribution < -0.4 is 4.90 Å². The summed E-state index contributed by atoms with van der Waals surface area (Å²) in [5.74, 6) is 0.102. The number of benzene rings is 2. The predicted octanol–water partition coefficient (Wildman–Crippen LogP) is 4.88. The Morgan fingerprint density at radius 3 is 2.82 bits per heavy atom. The van der Waals surface area contributed by atoms with Crippen molar-refractivity contribution in [3.05, 3.63) is 66.6 Å². The van der Waals surface area contributed by atoms with E-state index in [2.05, 4.69) is 35.2 Å². The van der Waals surface area contributed by atoms with E-state index in [0.717, 1.165) is 61.8 Å². The van der Waals surface area contributed by atoms with Gasteiger partial charge in [-0.2, -0.15) is 0 Å². The Balaban J connectivity index is 1.44. The van der Waals surface area contributed by atoms with Crippen LogP contribution in [0.5, 0.6) is 0 Å². The van der Waals surface area contributed by atoms with Crippen molar-refractivity contribution in [3.63, 3.8) is 0 Å². The number of carbonyl (C=O) groups is 1. The number of nitrogens with zero attached hydrogens (tertiary/aromatic N) is 2. The lowest BCUT2D eigenvalue weighted by molar-refractivity contribution is -0.117. The van der Waals surface area contributed by atoms with Crippen LogP contribution in [0, 0.1) is 0 Å². The van der Waals surface area contributed by atoms with E-state index in [0.29, 0.717) is 0 Å². The summed E-state index contributed by atoms with van der Waals surface area (Å²) in [4.78, 5) is 17.1. The van der Waals surface area contributed by atoms with Gasteiger partial charge in [-0.25, -0.2) is 0 Å². The van der Waals surface area contributed by atoms with Gasteiger partial charge in [0, 0.05) is 30.3 Å². The lowest BCUT2D eigenvalue weighted by Crippen LogP contribution is -2.50. The molecule has 28 heavy (non-hydrogen) atoms. The van der Waals surface area contributed by atoms with Gasteiger partial charge in [0.2, 0.25) is 5.91 Å². The molecule has 1 unspecified atom stereocenters. The van der Waals surface area contributed by atoms with E-state index < -0.39 is 0 Å². The predicted molar refractivity (Wildman–Crippen MR) is 114 cm³/mol. The number of rotatable bonds is 6. The van der Waals surface area contributed by atoms with Gasteiger partial charge >= 0.3 is 0 Å². The second-order valence-electron chi connectivity index (χ2n) is 7.73. The summed E-state index contributed by atoms with van der Waals surface area (Å²) in [7, 11) is 0. The van der Waals surface area contributed by atoms with Gasteiger partial charge < -0.3 is 14.2 Å². The number of likely N-dealkylation sites (tertiary alicyclic amines) is 1. The van der Waals surface area contributed by atoms with Crippen LogP contribution in [0.2, 0.25) is 0 Å². The first-order chi connectivity index (χ1) is 13.7. The second-order valence-corrected chi connectivity index (χ2v) is 7.73. The number of anilines is 1. The first-order valence-electron chi connectivity index (χ1n) is 10.2. The van der Waals surface area contributed by atoms with Crippen LogP contribution in [-0.2, 0) is 11.2 Å². The van der Waals surface area contributed by atoms with Gasteiger partial charge in [0.1, 0.15) is 6.26 Å². The van der Waals surface area contributed by atoms with Crippen molar-refractivity contribution in [2.75, 3.05) is 24.5 Å². The number of amides is 1. The number of hydrogen-bond acceptors (Lipinski definition) is 3. The molecule has 2 heterocycles. The van der Waals surface area contributed by atoms with Crippen LogP contribution >= 0.6 is 0 Å². The van der Waals surface area contributed by atoms with Crippen LogP contribution in [0.25, 0.3) is 10.8 Å². The van der Waals surface area contributed by atoms with E-state index in [-0.39, 0.29) is 11.9 Å². The minimum atomic E-state index is 0.102. The molecule has 2 aromatic carbocycles. The molecule has 0 bridgehead atoms. The Morgan fingerprint density at radius 1 is 1.14 bits per heavy atom. The third-order valence-corrected chi connectivity index (χ3v) is 5.72. The molecule has 1 saturated heterocycles. The Morgan fingerprint density at radius 2 is 2.00 bits per heavy atom. The van der Waals surface area contributed by atoms with Crippen LogP contribution in [0.3, 0.4) is 0 Å². The Hall–Kier alpha value is -2.59. The molecule has 0 spiro atoms. The van der Waals surface area contributed by atoms with Crippen LogP contribution in [0.15, 0.2) is 65.5 Å². The molecule has 1 aliphatic rings. The minimum Gasteiger partial charge on any atom is -0.471 e. The minimum absolute atomic E-state index is 0.102. The number of piperidine rings is 1. The number of furan rings is 1. The third kappa shape index (κ3) is 4.12. The van der Waals surface area contributed by atoms with Crippen molar-refractivity contribution in [2.24, 2.45) is 0 Å². The molecular formula is C24H28N2O2. The number of fused-ring (bicyclic) bond motifs is 1. The summed E-state index contributed by atoms with van der Waals surface area (Å²) >= 11 is 0. The Bertz CT molecular complexity index is 919. The second kappa shape index (κ2) is 8.61. The van der Waals surface area contributed by atoms with Crippen LogP contribution in [0.1, 0.15) is 31.7 Å². The van der Waals surface area contributed by atoms with Gasteiger partial charge in [-0.05, 0) is 50.4 Å². The molecule has 1 amide bonds. The molecule has 0 aliphatic carbocycles. The highest BCUT2D eigenvalue weighted by atomic mass is 16.3. The summed E-state index contributed by atoms with van der Waals surface area (Å²) in [5.41, 5.74) is 2.36. The van der Waals surface area contributed by atoms with Gasteiger partial charge in [-0.1, -0.05) is 42.5 Å². The summed E-state index contributed by atoms with van der Waals surface area (Å²) < 4.78 is 5.39. The summed E-state index contributed by atoms with van der Waals surface area (Å²) in [6, 6.07) is 16.9. The molecule has 1 aliphatic heterocycles. The van der Waals surface area contributed by atoms with Crippen molar-refractivity contribution in [2.45, 2.75) is 38.6 Å². The van der Waals surface area contributed by atoms with Crippen molar-refractivity contribution < 1.29 is 9.21 Å². The number of hydrogen-bond donors (Lipinski definition) is 0. The molecule has 0 N–H and O–H groups in total. The first kappa shape index (κ1) is 18.8. The SMILES string of the molecule is CC(=O)N(c1cccc2cocc12)C1CCCN(CCCc2ccccc2)C1. The van der Waals surface area contributed by atoms with Gasteiger partial charge in [0.05, 0.1) is 12.0 Å². The highest BCUT2D eigenvalue weighted by Crippen LogP contribution is 2.31. The highest BCUT2D eigenvalue weighted by molar-refractivity contribution is 6.03. The van der Waals surface area contributed by atoms with Crippen molar-refractivity contribution in [3.8, 4) is 0 Å². The van der Waals surface area contributed by atoms with E-state index in [1.807, 2.05) is 23.1 Å². The molecule has 0 saturated carbocycles. The molecule has 4 rings (SSSR count). The van der Waals surface area contributed by atoms with E-state index in [4.69, 9.17) is 4.42 Å². The molecule has 0 radical (unpaired) electrons. The Kier molecular flexibility index (Phi) is 5.77. The summed E-state index contributed by atoms with van der Waals surface area (Å²) in [6.45, 7) is 4.80. The highest BCUT2D eigenvalue weighted by Gasteiger charge is 2.29. The van der Waals surface area contributed by atoms with E-state index in [9.17, 15) is 4.79 Å². The molecule has 1 atom stereocenters. The lowest BCUT2D eigenvalue weighted by atomic mass is 10.0. The van der Waals surface area contributed by atoms with E-state index in [1.54, 1.807) is 19.5 Å². The van der Waals surface area contributed by atoms with E-state index >= 15 is 0 Å². The summed E-state index contributed by atoms with van der Waals surface area (Å²) in [6.07, 6.45) is 7.92. The van der Waals surface area contributed by atoms with E-state index in [1.165, 1.54) is 5.56 Å². The van der Waals surface area contributed by atoms with Gasteiger partial charge in [0.15, 0.2) is 0 Å². The average molecular weight is 377 g/mol. The first-order valence-corrected chi connectivity index (χ1v) is 10.2. The molecule has 3 aromatic rings. The lowest BCUT2D eigenvalue weighted by Gasteiger charge is -2.39. The smallest absolute Gasteiger partial charge is 0.224 e. The van der Waals surface area contributed by atoms with Crippen LogP contribution in [-0.4, -0.2) is 36.5 Å². The number of aryl methyl sites for hydroxylation is 1. The fraction of sp³-hybridized carbons (Fsp3) is 0.375. The maximum absolute atomic E-state index is 12.6. The van der Waals surface area contributed by atoms with Gasteiger partial charge in [-0.15, -0.1) is 0 Å². The normalized spacial score (nSPS) is 17.7. The molecular weight excluding hydrogens is 348 g/mol. The summed E-state index contributed by atoms with van der Waals surface area (Å²) in [5, 5.41) is 2.05. The third-order valence-electron chi connectivity index (χ3n) is 5.72. The van der Waals surface area contributed by atoms with Crippen LogP contribution in [0.4, 0.5) is 5.69 Å². The standard InChI is InChI=1S/C24H28N2O2/c1-19(27)26(24-13-5-11-21-17-28-18-23(21)24)22-12-7-15-25(16-22)14-6-10-20-8-3-2-4-9-20/h2-5,8-9,11,13,17-18,22H,6-7,10,12,14-16H2,1H3. The van der Waals surface area contributed by atoms with Crippen molar-refractivity contribution in [1.82, 2.24) is 4.90 Å². The number of carbonyl (C=O) groups excluding carboxylic acids is 1. The molecule has 1 fully saturated rings. The maximum Gasteiger partial charge on any atom is 0.224 e. The molecule has 146 valence electrons. The topological polar surface area (TPSA) is 36.7 Å². The quantitative estimate of drug-likeness (QED) is 0.615. The largest absolute Gasteiger partial charge is 0.471 e. The van der Waals surface area contributed by atoms with Crippen molar-refractivity contribution in [1.29, 1.82) is 0 Å². The zero-order chi connectivity index (χ0) is 19.3. The molecule has 4 heteroatoms. The van der Waals surface area contributed by atoms with Crippen molar-refractivity contribution >= 4 is 22.4 Å². The monoisotopic (exact) mass is 376 g/mol. The zero-order valence-corrected chi connectivity index (χ0v) is 16.5. The molecule has 1 aromatic heterocycles. The fourth-order valence-corrected chi connectivity index (χ4v) is 4.41. The fourth-order valence-electron chi connectivity index (χ4n) is 4.41. The zero-order valence-electron chi connectivity index (χ0n) is 16.5. The maximum atomic E-state index is 12.6. The average Bonchev–Trinajstić information content (AvgIpc) is 3.19. The Labute approximate surface area is 166 Å². The molecule has 4 nitrogen and oxygen atoms in total. The van der Waals surface area contributed by atoms with Gasteiger partial charge in [-0.3, -0.25) is 4.79 Å².